The smallest absolute Gasteiger partial charge is 0.279 e. The molecule has 1 aliphatic heterocycles. The lowest BCUT2D eigenvalue weighted by molar-refractivity contribution is -1.01. The molecule has 0 saturated carbocycles. The normalized spacial score (nSPS) is 20.3. The van der Waals surface area contributed by atoms with E-state index < -0.39 is 0 Å². The Labute approximate surface area is 146 Å². The van der Waals surface area contributed by atoms with Crippen LogP contribution in [-0.4, -0.2) is 38.6 Å². The molecule has 1 aromatic heterocycles. The maximum Gasteiger partial charge on any atom is 0.279 e. The number of nitrogens with one attached hydrogen (secondary N) is 3. The first kappa shape index (κ1) is 16.7. The summed E-state index contributed by atoms with van der Waals surface area (Å²) in [5.74, 6) is -0.0191. The van der Waals surface area contributed by atoms with Gasteiger partial charge in [-0.1, -0.05) is 18.2 Å². The first-order valence-electron chi connectivity index (χ1n) is 8.23. The van der Waals surface area contributed by atoms with Crippen LogP contribution in [-0.2, 0) is 11.3 Å². The summed E-state index contributed by atoms with van der Waals surface area (Å²) in [5, 5.41) is 14.1. The number of para-hydroxylation sites is 1. The maximum absolute atomic E-state index is 12.2. The number of nitriles is 1. The van der Waals surface area contributed by atoms with Crippen molar-refractivity contribution in [3.8, 4) is 6.07 Å². The van der Waals surface area contributed by atoms with E-state index in [2.05, 4.69) is 28.9 Å². The first-order valence-corrected chi connectivity index (χ1v) is 9.11. The molecule has 1 fully saturated rings. The van der Waals surface area contributed by atoms with Gasteiger partial charge in [0, 0.05) is 0 Å². The Balaban J connectivity index is 1.46. The second-order valence-electron chi connectivity index (χ2n) is 6.14. The first-order chi connectivity index (χ1) is 11.7. The van der Waals surface area contributed by atoms with Crippen LogP contribution < -0.4 is 15.1 Å². The Kier molecular flexibility index (Phi) is 5.59. The van der Waals surface area contributed by atoms with Crippen LogP contribution >= 0.6 is 11.3 Å². The van der Waals surface area contributed by atoms with E-state index in [1.54, 1.807) is 23.1 Å². The van der Waals surface area contributed by atoms with E-state index in [4.69, 9.17) is 5.26 Å². The molecule has 3 rings (SSSR count). The number of carbonyl (C=O) groups is 1. The SMILES string of the molecule is N#Cc1ccccc1NC(=O)C[NH+]1CC[NH+](Cc2cccs2)CC1. The maximum atomic E-state index is 12.2. The highest BCUT2D eigenvalue weighted by Gasteiger charge is 2.25. The van der Waals surface area contributed by atoms with Crippen molar-refractivity contribution in [1.29, 1.82) is 5.26 Å². The van der Waals surface area contributed by atoms with Gasteiger partial charge in [-0.3, -0.25) is 4.79 Å². The average molecular weight is 342 g/mol. The number of piperazine rings is 1. The van der Waals surface area contributed by atoms with Crippen LogP contribution in [0, 0.1) is 11.3 Å². The van der Waals surface area contributed by atoms with E-state index in [1.165, 1.54) is 9.78 Å². The summed E-state index contributed by atoms with van der Waals surface area (Å²) in [4.78, 5) is 16.6. The van der Waals surface area contributed by atoms with Crippen molar-refractivity contribution in [2.45, 2.75) is 6.54 Å². The molecule has 0 radical (unpaired) electrons. The molecule has 0 unspecified atom stereocenters. The lowest BCUT2D eigenvalue weighted by atomic mass is 10.2. The lowest BCUT2D eigenvalue weighted by Gasteiger charge is -2.29. The van der Waals surface area contributed by atoms with Gasteiger partial charge in [0.1, 0.15) is 38.8 Å². The Morgan fingerprint density at radius 3 is 2.58 bits per heavy atom. The van der Waals surface area contributed by atoms with Crippen molar-refractivity contribution in [1.82, 2.24) is 0 Å². The predicted molar refractivity (Wildman–Crippen MR) is 94.1 cm³/mol. The fraction of sp³-hybridized carbons (Fsp3) is 0.333. The molecule has 24 heavy (non-hydrogen) atoms. The van der Waals surface area contributed by atoms with Crippen molar-refractivity contribution >= 4 is 22.9 Å². The molecule has 0 bridgehead atoms. The number of benzene rings is 1. The lowest BCUT2D eigenvalue weighted by Crippen LogP contribution is -3.28. The van der Waals surface area contributed by atoms with Crippen LogP contribution in [0.3, 0.4) is 0 Å². The van der Waals surface area contributed by atoms with Gasteiger partial charge in [-0.05, 0) is 23.6 Å². The zero-order chi connectivity index (χ0) is 16.8. The van der Waals surface area contributed by atoms with Crippen LogP contribution in [0.1, 0.15) is 10.4 Å². The quantitative estimate of drug-likeness (QED) is 0.689. The molecule has 5 nitrogen and oxygen atoms in total. The Bertz CT molecular complexity index is 715. The number of hydrogen-bond acceptors (Lipinski definition) is 3. The summed E-state index contributed by atoms with van der Waals surface area (Å²) >= 11 is 1.81. The van der Waals surface area contributed by atoms with Crippen LogP contribution in [0.2, 0.25) is 0 Å². The van der Waals surface area contributed by atoms with E-state index in [0.29, 0.717) is 17.8 Å². The van der Waals surface area contributed by atoms with E-state index >= 15 is 0 Å². The number of amides is 1. The number of anilines is 1. The standard InChI is InChI=1S/C18H20N4OS/c19-12-15-4-1-2-6-17(15)20-18(23)14-22-9-7-21(8-10-22)13-16-5-3-11-24-16/h1-6,11H,7-10,13-14H2,(H,20,23)/p+2. The number of nitrogens with zero attached hydrogens (tertiary/aromatic N) is 1. The summed E-state index contributed by atoms with van der Waals surface area (Å²) in [7, 11) is 0. The van der Waals surface area contributed by atoms with Gasteiger partial charge in [-0.25, -0.2) is 0 Å². The number of hydrogen-bond donors (Lipinski definition) is 3. The largest absolute Gasteiger partial charge is 0.321 e. The van der Waals surface area contributed by atoms with Crippen LogP contribution in [0.4, 0.5) is 5.69 Å². The predicted octanol–water partition coefficient (Wildman–Crippen LogP) is -0.458. The molecule has 2 aromatic rings. The minimum Gasteiger partial charge on any atom is -0.321 e. The summed E-state index contributed by atoms with van der Waals surface area (Å²) in [6.07, 6.45) is 0. The molecule has 0 atom stereocenters. The minimum atomic E-state index is -0.0191. The van der Waals surface area contributed by atoms with Gasteiger partial charge in [0.2, 0.25) is 0 Å². The van der Waals surface area contributed by atoms with Crippen LogP contribution in [0.15, 0.2) is 41.8 Å². The third kappa shape index (κ3) is 4.42. The molecular formula is C18H22N4OS+2. The number of carbonyl (C=O) groups excluding carboxylic acids is 1. The van der Waals surface area contributed by atoms with Gasteiger partial charge >= 0.3 is 0 Å². The fourth-order valence-corrected chi connectivity index (χ4v) is 3.86. The van der Waals surface area contributed by atoms with Gasteiger partial charge in [-0.2, -0.15) is 5.26 Å². The monoisotopic (exact) mass is 342 g/mol. The molecule has 0 aliphatic carbocycles. The molecule has 1 aliphatic rings. The minimum absolute atomic E-state index is 0.0191. The second-order valence-corrected chi connectivity index (χ2v) is 7.17. The van der Waals surface area contributed by atoms with E-state index in [9.17, 15) is 4.79 Å². The van der Waals surface area contributed by atoms with Gasteiger partial charge in [-0.15, -0.1) is 11.3 Å². The number of quaternary nitrogens is 2. The Morgan fingerprint density at radius 1 is 1.12 bits per heavy atom. The Hall–Kier alpha value is -2.20. The molecule has 1 amide bonds. The third-order valence-corrected chi connectivity index (χ3v) is 5.28. The van der Waals surface area contributed by atoms with E-state index in [-0.39, 0.29) is 5.91 Å². The molecule has 1 saturated heterocycles. The highest BCUT2D eigenvalue weighted by molar-refractivity contribution is 7.09. The summed E-state index contributed by atoms with van der Waals surface area (Å²) in [6, 6.07) is 13.5. The van der Waals surface area contributed by atoms with Gasteiger partial charge < -0.3 is 15.1 Å². The van der Waals surface area contributed by atoms with E-state index in [1.807, 2.05) is 17.4 Å². The second kappa shape index (κ2) is 8.06. The van der Waals surface area contributed by atoms with Crippen LogP contribution in [0.5, 0.6) is 0 Å². The molecule has 1 aromatic carbocycles. The van der Waals surface area contributed by atoms with Crippen LogP contribution in [0.25, 0.3) is 0 Å². The summed E-state index contributed by atoms with van der Waals surface area (Å²) < 4.78 is 0. The highest BCUT2D eigenvalue weighted by atomic mass is 32.1. The molecule has 124 valence electrons. The molecule has 0 spiro atoms. The van der Waals surface area contributed by atoms with Crippen molar-refractivity contribution in [2.24, 2.45) is 0 Å². The molecule has 2 heterocycles. The summed E-state index contributed by atoms with van der Waals surface area (Å²) in [5.41, 5.74) is 1.11. The zero-order valence-electron chi connectivity index (χ0n) is 13.5. The van der Waals surface area contributed by atoms with Crippen molar-refractivity contribution in [3.05, 3.63) is 52.2 Å². The fourth-order valence-electron chi connectivity index (χ4n) is 3.08. The molecule has 3 N–H and O–H groups in total. The zero-order valence-corrected chi connectivity index (χ0v) is 14.4. The molecular weight excluding hydrogens is 320 g/mol. The average Bonchev–Trinajstić information content (AvgIpc) is 3.10. The Morgan fingerprint density at radius 2 is 1.88 bits per heavy atom. The van der Waals surface area contributed by atoms with Crippen molar-refractivity contribution in [3.63, 3.8) is 0 Å². The number of rotatable bonds is 5. The summed E-state index contributed by atoms with van der Waals surface area (Å²) in [6.45, 7) is 5.76. The van der Waals surface area contributed by atoms with Crippen molar-refractivity contribution in [2.75, 3.05) is 38.0 Å². The third-order valence-electron chi connectivity index (χ3n) is 4.40. The van der Waals surface area contributed by atoms with Gasteiger partial charge in [0.15, 0.2) is 6.54 Å². The van der Waals surface area contributed by atoms with Gasteiger partial charge in [0.25, 0.3) is 5.91 Å². The van der Waals surface area contributed by atoms with E-state index in [0.717, 1.165) is 32.7 Å². The highest BCUT2D eigenvalue weighted by Crippen LogP contribution is 2.12. The molecule has 6 heteroatoms. The van der Waals surface area contributed by atoms with Crippen molar-refractivity contribution < 1.29 is 14.6 Å². The topological polar surface area (TPSA) is 61.8 Å². The number of thiophene rings is 1. The van der Waals surface area contributed by atoms with Gasteiger partial charge in [0.05, 0.1) is 16.1 Å².